The normalized spacial score (nSPS) is 15.5. The number of thiazole rings is 1. The summed E-state index contributed by atoms with van der Waals surface area (Å²) in [6.07, 6.45) is 4.63. The fourth-order valence-corrected chi connectivity index (χ4v) is 2.98. The first-order chi connectivity index (χ1) is 10.7. The molecule has 0 atom stereocenters. The summed E-state index contributed by atoms with van der Waals surface area (Å²) in [5, 5.41) is 9.72. The lowest BCUT2D eigenvalue weighted by Crippen LogP contribution is -2.44. The zero-order valence-corrected chi connectivity index (χ0v) is 13.7. The van der Waals surface area contributed by atoms with Crippen molar-refractivity contribution in [2.24, 2.45) is 5.73 Å². The standard InChI is InChI=1S/C14H14N6OS.ClH/c15-14(5-3-6-14)12-19-11(21-20-12)9-8-22-13(17-9)18-10-4-1-2-7-16-10;/h1-2,4,7-8H,3,5-6,15H2,(H,16,17,18);1H. The van der Waals surface area contributed by atoms with Crippen molar-refractivity contribution in [2.45, 2.75) is 24.8 Å². The maximum Gasteiger partial charge on any atom is 0.277 e. The number of rotatable bonds is 4. The van der Waals surface area contributed by atoms with Crippen LogP contribution in [0.5, 0.6) is 0 Å². The number of pyridine rings is 1. The van der Waals surface area contributed by atoms with E-state index in [1.807, 2.05) is 23.6 Å². The van der Waals surface area contributed by atoms with Gasteiger partial charge < -0.3 is 15.6 Å². The van der Waals surface area contributed by atoms with E-state index in [2.05, 4.69) is 25.4 Å². The van der Waals surface area contributed by atoms with Crippen molar-refractivity contribution in [3.63, 3.8) is 0 Å². The lowest BCUT2D eigenvalue weighted by atomic mass is 9.77. The fraction of sp³-hybridized carbons (Fsp3) is 0.286. The number of halogens is 1. The monoisotopic (exact) mass is 350 g/mol. The van der Waals surface area contributed by atoms with E-state index in [-0.39, 0.29) is 12.4 Å². The molecule has 23 heavy (non-hydrogen) atoms. The largest absolute Gasteiger partial charge is 0.332 e. The summed E-state index contributed by atoms with van der Waals surface area (Å²) in [5.74, 6) is 1.71. The molecule has 1 aliphatic carbocycles. The molecule has 3 N–H and O–H groups in total. The molecule has 0 aromatic carbocycles. The smallest absolute Gasteiger partial charge is 0.277 e. The number of anilines is 2. The second kappa shape index (κ2) is 6.23. The number of hydrogen-bond acceptors (Lipinski definition) is 8. The summed E-state index contributed by atoms with van der Waals surface area (Å²) in [5.41, 5.74) is 6.42. The first-order valence-corrected chi connectivity index (χ1v) is 7.88. The van der Waals surface area contributed by atoms with Crippen LogP contribution in [0.1, 0.15) is 25.1 Å². The van der Waals surface area contributed by atoms with Crippen LogP contribution >= 0.6 is 23.7 Å². The molecule has 1 saturated carbocycles. The van der Waals surface area contributed by atoms with Crippen LogP contribution in [0.3, 0.4) is 0 Å². The van der Waals surface area contributed by atoms with E-state index in [1.165, 1.54) is 11.3 Å². The highest BCUT2D eigenvalue weighted by Crippen LogP contribution is 2.37. The zero-order chi connectivity index (χ0) is 15.0. The third-order valence-electron chi connectivity index (χ3n) is 3.74. The predicted molar refractivity (Wildman–Crippen MR) is 89.9 cm³/mol. The van der Waals surface area contributed by atoms with Crippen molar-refractivity contribution in [3.8, 4) is 11.6 Å². The van der Waals surface area contributed by atoms with E-state index >= 15 is 0 Å². The van der Waals surface area contributed by atoms with Crippen LogP contribution in [-0.2, 0) is 5.54 Å². The second-order valence-corrected chi connectivity index (χ2v) is 6.17. The predicted octanol–water partition coefficient (Wildman–Crippen LogP) is 3.09. The number of aromatic nitrogens is 4. The van der Waals surface area contributed by atoms with Crippen LogP contribution in [-0.4, -0.2) is 20.1 Å². The topological polar surface area (TPSA) is 103 Å². The Kier molecular flexibility index (Phi) is 4.29. The highest BCUT2D eigenvalue weighted by molar-refractivity contribution is 7.14. The summed E-state index contributed by atoms with van der Waals surface area (Å²) in [6, 6.07) is 5.65. The number of nitrogens with one attached hydrogen (secondary N) is 1. The van der Waals surface area contributed by atoms with Gasteiger partial charge in [0, 0.05) is 11.6 Å². The summed E-state index contributed by atoms with van der Waals surface area (Å²) in [6.45, 7) is 0. The van der Waals surface area contributed by atoms with Gasteiger partial charge in [-0.25, -0.2) is 9.97 Å². The molecule has 3 aromatic rings. The molecule has 3 heterocycles. The van der Waals surface area contributed by atoms with Gasteiger partial charge in [-0.2, -0.15) is 4.98 Å². The molecule has 120 valence electrons. The highest BCUT2D eigenvalue weighted by atomic mass is 35.5. The van der Waals surface area contributed by atoms with Crippen LogP contribution in [0.4, 0.5) is 10.9 Å². The van der Waals surface area contributed by atoms with E-state index in [4.69, 9.17) is 10.3 Å². The SMILES string of the molecule is Cl.NC1(c2noc(-c3csc(Nc4ccccn4)n3)n2)CCC1. The molecule has 7 nitrogen and oxygen atoms in total. The minimum Gasteiger partial charge on any atom is -0.332 e. The molecule has 0 spiro atoms. The van der Waals surface area contributed by atoms with Crippen LogP contribution < -0.4 is 11.1 Å². The van der Waals surface area contributed by atoms with Crippen LogP contribution in [0.25, 0.3) is 11.6 Å². The Bertz CT molecular complexity index is 785. The molecule has 0 saturated heterocycles. The lowest BCUT2D eigenvalue weighted by Gasteiger charge is -2.34. The Labute approximate surface area is 142 Å². The van der Waals surface area contributed by atoms with Crippen molar-refractivity contribution in [2.75, 3.05) is 5.32 Å². The van der Waals surface area contributed by atoms with E-state index < -0.39 is 5.54 Å². The number of hydrogen-bond donors (Lipinski definition) is 2. The summed E-state index contributed by atoms with van der Waals surface area (Å²) >= 11 is 1.45. The van der Waals surface area contributed by atoms with Crippen LogP contribution in [0.2, 0.25) is 0 Å². The molecule has 0 bridgehead atoms. The summed E-state index contributed by atoms with van der Waals surface area (Å²) < 4.78 is 5.30. The van der Waals surface area contributed by atoms with Gasteiger partial charge >= 0.3 is 0 Å². The Balaban J connectivity index is 0.00000156. The van der Waals surface area contributed by atoms with E-state index in [1.54, 1.807) is 6.20 Å². The second-order valence-electron chi connectivity index (χ2n) is 5.31. The molecule has 0 unspecified atom stereocenters. The minimum absolute atomic E-state index is 0. The molecule has 1 fully saturated rings. The molecule has 0 aliphatic heterocycles. The Morgan fingerprint density at radius 1 is 1.26 bits per heavy atom. The molecule has 9 heteroatoms. The van der Waals surface area contributed by atoms with Gasteiger partial charge in [0.15, 0.2) is 11.0 Å². The average molecular weight is 351 g/mol. The Morgan fingerprint density at radius 2 is 2.13 bits per heavy atom. The van der Waals surface area contributed by atoms with Crippen molar-refractivity contribution in [1.82, 2.24) is 20.1 Å². The minimum atomic E-state index is -0.424. The van der Waals surface area contributed by atoms with Gasteiger partial charge in [-0.1, -0.05) is 11.2 Å². The first kappa shape index (κ1) is 15.9. The van der Waals surface area contributed by atoms with Crippen molar-refractivity contribution in [1.29, 1.82) is 0 Å². The van der Waals surface area contributed by atoms with Crippen LogP contribution in [0, 0.1) is 0 Å². The highest BCUT2D eigenvalue weighted by Gasteiger charge is 2.39. The van der Waals surface area contributed by atoms with Gasteiger partial charge in [-0.05, 0) is 31.4 Å². The molecule has 4 rings (SSSR count). The van der Waals surface area contributed by atoms with Crippen LogP contribution in [0.15, 0.2) is 34.3 Å². The van der Waals surface area contributed by atoms with Crippen molar-refractivity contribution in [3.05, 3.63) is 35.6 Å². The summed E-state index contributed by atoms with van der Waals surface area (Å²) in [4.78, 5) is 13.0. The number of nitrogens with zero attached hydrogens (tertiary/aromatic N) is 4. The van der Waals surface area contributed by atoms with E-state index in [9.17, 15) is 0 Å². The molecule has 3 aromatic heterocycles. The quantitative estimate of drug-likeness (QED) is 0.745. The third kappa shape index (κ3) is 3.05. The number of nitrogens with two attached hydrogens (primary N) is 1. The Hall–Kier alpha value is -2.03. The molecular weight excluding hydrogens is 336 g/mol. The maximum absolute atomic E-state index is 6.20. The van der Waals surface area contributed by atoms with E-state index in [0.29, 0.717) is 17.4 Å². The first-order valence-electron chi connectivity index (χ1n) is 7.00. The van der Waals surface area contributed by atoms with Gasteiger partial charge in [0.1, 0.15) is 11.5 Å². The average Bonchev–Trinajstić information content (AvgIpc) is 3.15. The maximum atomic E-state index is 6.20. The fourth-order valence-electron chi connectivity index (χ4n) is 2.29. The van der Waals surface area contributed by atoms with Crippen molar-refractivity contribution >= 4 is 34.7 Å². The lowest BCUT2D eigenvalue weighted by molar-refractivity contribution is 0.229. The van der Waals surface area contributed by atoms with E-state index in [0.717, 1.165) is 30.2 Å². The summed E-state index contributed by atoms with van der Waals surface area (Å²) in [7, 11) is 0. The molecule has 1 aliphatic rings. The molecule has 0 radical (unpaired) electrons. The zero-order valence-electron chi connectivity index (χ0n) is 12.1. The molecular formula is C14H15ClN6OS. The Morgan fingerprint density at radius 3 is 2.83 bits per heavy atom. The third-order valence-corrected chi connectivity index (χ3v) is 4.50. The van der Waals surface area contributed by atoms with Gasteiger partial charge in [0.25, 0.3) is 5.89 Å². The van der Waals surface area contributed by atoms with Gasteiger partial charge in [0.05, 0.1) is 5.54 Å². The molecule has 0 amide bonds. The van der Waals surface area contributed by atoms with Crippen molar-refractivity contribution < 1.29 is 4.52 Å². The van der Waals surface area contributed by atoms with Gasteiger partial charge in [-0.15, -0.1) is 23.7 Å². The van der Waals surface area contributed by atoms with Gasteiger partial charge in [-0.3, -0.25) is 0 Å². The van der Waals surface area contributed by atoms with Gasteiger partial charge in [0.2, 0.25) is 0 Å².